The van der Waals surface area contributed by atoms with Crippen LogP contribution in [0.2, 0.25) is 0 Å². The van der Waals surface area contributed by atoms with Gasteiger partial charge in [0.1, 0.15) is 5.38 Å². The van der Waals surface area contributed by atoms with Gasteiger partial charge in [-0.25, -0.2) is 0 Å². The van der Waals surface area contributed by atoms with Gasteiger partial charge in [-0.1, -0.05) is 30.3 Å². The highest BCUT2D eigenvalue weighted by Gasteiger charge is 2.29. The van der Waals surface area contributed by atoms with Crippen LogP contribution in [0.4, 0.5) is 0 Å². The molecule has 1 fully saturated rings. The van der Waals surface area contributed by atoms with E-state index in [9.17, 15) is 9.90 Å². The Hall–Kier alpha value is -1.06. The van der Waals surface area contributed by atoms with Crippen molar-refractivity contribution in [2.45, 2.75) is 17.9 Å². The van der Waals surface area contributed by atoms with Crippen molar-refractivity contribution >= 4 is 17.5 Å². The molecule has 1 aliphatic rings. The molecule has 1 aromatic rings. The summed E-state index contributed by atoms with van der Waals surface area (Å²) < 4.78 is 0. The Morgan fingerprint density at radius 1 is 1.44 bits per heavy atom. The number of alkyl halides is 1. The molecule has 0 aliphatic carbocycles. The molecule has 0 aromatic heterocycles. The number of amides is 1. The SMILES string of the molecule is O=C(C(Cl)c1ccccc1)N1CC[C@@H](O)C1. The molecule has 0 radical (unpaired) electrons. The molecule has 1 heterocycles. The van der Waals surface area contributed by atoms with Crippen LogP contribution < -0.4 is 0 Å². The minimum absolute atomic E-state index is 0.121. The van der Waals surface area contributed by atoms with Crippen LogP contribution in [-0.2, 0) is 4.79 Å². The van der Waals surface area contributed by atoms with E-state index < -0.39 is 11.5 Å². The summed E-state index contributed by atoms with van der Waals surface area (Å²) in [6.45, 7) is 0.991. The Morgan fingerprint density at radius 2 is 2.12 bits per heavy atom. The molecule has 0 saturated carbocycles. The summed E-state index contributed by atoms with van der Waals surface area (Å²) in [5.74, 6) is -0.121. The Bertz CT molecular complexity index is 369. The summed E-state index contributed by atoms with van der Waals surface area (Å²) in [7, 11) is 0. The molecule has 1 saturated heterocycles. The normalized spacial score (nSPS) is 22.1. The summed E-state index contributed by atoms with van der Waals surface area (Å²) in [6.07, 6.45) is 0.244. The number of likely N-dealkylation sites (tertiary alicyclic amines) is 1. The third-order valence-corrected chi connectivity index (χ3v) is 3.22. The quantitative estimate of drug-likeness (QED) is 0.796. The van der Waals surface area contributed by atoms with Crippen LogP contribution in [0.1, 0.15) is 17.4 Å². The van der Waals surface area contributed by atoms with Crippen molar-refractivity contribution < 1.29 is 9.90 Å². The monoisotopic (exact) mass is 239 g/mol. The number of nitrogens with zero attached hydrogens (tertiary/aromatic N) is 1. The van der Waals surface area contributed by atoms with Crippen molar-refractivity contribution in [2.24, 2.45) is 0 Å². The summed E-state index contributed by atoms with van der Waals surface area (Å²) >= 11 is 6.11. The van der Waals surface area contributed by atoms with Gasteiger partial charge in [0.2, 0.25) is 5.91 Å². The molecule has 0 spiro atoms. The highest BCUT2D eigenvalue weighted by molar-refractivity contribution is 6.30. The number of carbonyl (C=O) groups excluding carboxylic acids is 1. The van der Waals surface area contributed by atoms with Gasteiger partial charge >= 0.3 is 0 Å². The van der Waals surface area contributed by atoms with E-state index in [4.69, 9.17) is 11.6 Å². The Labute approximate surface area is 99.6 Å². The Morgan fingerprint density at radius 3 is 2.69 bits per heavy atom. The maximum absolute atomic E-state index is 12.0. The van der Waals surface area contributed by atoms with E-state index in [1.54, 1.807) is 4.90 Å². The Balaban J connectivity index is 2.05. The highest BCUT2D eigenvalue weighted by atomic mass is 35.5. The van der Waals surface area contributed by atoms with Crippen LogP contribution in [0.15, 0.2) is 30.3 Å². The minimum Gasteiger partial charge on any atom is -0.391 e. The molecule has 16 heavy (non-hydrogen) atoms. The van der Waals surface area contributed by atoms with Gasteiger partial charge in [0, 0.05) is 13.1 Å². The van der Waals surface area contributed by atoms with Crippen LogP contribution in [0.25, 0.3) is 0 Å². The molecule has 86 valence electrons. The molecule has 1 amide bonds. The van der Waals surface area contributed by atoms with Gasteiger partial charge in [-0.3, -0.25) is 4.79 Å². The molecular formula is C12H14ClNO2. The van der Waals surface area contributed by atoms with Gasteiger partial charge < -0.3 is 10.0 Å². The minimum atomic E-state index is -0.647. The van der Waals surface area contributed by atoms with Crippen LogP contribution in [0.3, 0.4) is 0 Å². The lowest BCUT2D eigenvalue weighted by molar-refractivity contribution is -0.130. The van der Waals surface area contributed by atoms with E-state index in [0.29, 0.717) is 19.5 Å². The van der Waals surface area contributed by atoms with Gasteiger partial charge in [-0.15, -0.1) is 11.6 Å². The highest BCUT2D eigenvalue weighted by Crippen LogP contribution is 2.24. The number of aliphatic hydroxyl groups is 1. The number of hydrogen-bond acceptors (Lipinski definition) is 2. The van der Waals surface area contributed by atoms with Crippen LogP contribution in [0.5, 0.6) is 0 Å². The zero-order valence-corrected chi connectivity index (χ0v) is 9.60. The number of benzene rings is 1. The Kier molecular flexibility index (Phi) is 3.46. The van der Waals surface area contributed by atoms with Gasteiger partial charge in [0.15, 0.2) is 0 Å². The second-order valence-electron chi connectivity index (χ2n) is 4.00. The first-order chi connectivity index (χ1) is 7.68. The maximum atomic E-state index is 12.0. The van der Waals surface area contributed by atoms with Crippen molar-refractivity contribution in [3.05, 3.63) is 35.9 Å². The number of rotatable bonds is 2. The molecule has 1 unspecified atom stereocenters. The van der Waals surface area contributed by atoms with Crippen molar-refractivity contribution in [3.8, 4) is 0 Å². The van der Waals surface area contributed by atoms with E-state index in [0.717, 1.165) is 5.56 Å². The standard InChI is InChI=1S/C12H14ClNO2/c13-11(9-4-2-1-3-5-9)12(16)14-7-6-10(15)8-14/h1-5,10-11,15H,6-8H2/t10-,11?/m1/s1. The van der Waals surface area contributed by atoms with Crippen molar-refractivity contribution in [1.29, 1.82) is 0 Å². The largest absolute Gasteiger partial charge is 0.391 e. The molecule has 2 atom stereocenters. The van der Waals surface area contributed by atoms with Crippen molar-refractivity contribution in [3.63, 3.8) is 0 Å². The topological polar surface area (TPSA) is 40.5 Å². The van der Waals surface area contributed by atoms with E-state index in [1.165, 1.54) is 0 Å². The smallest absolute Gasteiger partial charge is 0.245 e. The second kappa shape index (κ2) is 4.85. The van der Waals surface area contributed by atoms with E-state index >= 15 is 0 Å². The number of hydrogen-bond donors (Lipinski definition) is 1. The zero-order chi connectivity index (χ0) is 11.5. The number of halogens is 1. The lowest BCUT2D eigenvalue weighted by atomic mass is 10.1. The first-order valence-electron chi connectivity index (χ1n) is 5.34. The maximum Gasteiger partial charge on any atom is 0.245 e. The first kappa shape index (κ1) is 11.4. The van der Waals surface area contributed by atoms with Crippen LogP contribution in [-0.4, -0.2) is 35.1 Å². The van der Waals surface area contributed by atoms with Gasteiger partial charge in [0.25, 0.3) is 0 Å². The fourth-order valence-corrected chi connectivity index (χ4v) is 2.15. The number of carbonyl (C=O) groups is 1. The first-order valence-corrected chi connectivity index (χ1v) is 5.78. The van der Waals surface area contributed by atoms with E-state index in [2.05, 4.69) is 0 Å². The molecule has 2 rings (SSSR count). The lowest BCUT2D eigenvalue weighted by Crippen LogP contribution is -2.32. The van der Waals surface area contributed by atoms with E-state index in [1.807, 2.05) is 30.3 Å². The molecule has 1 N–H and O–H groups in total. The van der Waals surface area contributed by atoms with Gasteiger partial charge in [-0.2, -0.15) is 0 Å². The second-order valence-corrected chi connectivity index (χ2v) is 4.44. The van der Waals surface area contributed by atoms with E-state index in [-0.39, 0.29) is 5.91 Å². The fraction of sp³-hybridized carbons (Fsp3) is 0.417. The van der Waals surface area contributed by atoms with Gasteiger partial charge in [0.05, 0.1) is 6.10 Å². The predicted octanol–water partition coefficient (Wildman–Crippen LogP) is 1.56. The summed E-state index contributed by atoms with van der Waals surface area (Å²) in [6, 6.07) is 9.27. The molecule has 1 aliphatic heterocycles. The third kappa shape index (κ3) is 2.36. The van der Waals surface area contributed by atoms with Gasteiger partial charge in [-0.05, 0) is 12.0 Å². The zero-order valence-electron chi connectivity index (χ0n) is 8.84. The average Bonchev–Trinajstić information content (AvgIpc) is 2.75. The number of aliphatic hydroxyl groups excluding tert-OH is 1. The molecule has 0 bridgehead atoms. The molecule has 1 aromatic carbocycles. The van der Waals surface area contributed by atoms with Crippen molar-refractivity contribution in [2.75, 3.05) is 13.1 Å². The summed E-state index contributed by atoms with van der Waals surface area (Å²) in [4.78, 5) is 13.6. The molecule has 4 heteroatoms. The van der Waals surface area contributed by atoms with Crippen LogP contribution in [0, 0.1) is 0 Å². The summed E-state index contributed by atoms with van der Waals surface area (Å²) in [5, 5.41) is 8.72. The fourth-order valence-electron chi connectivity index (χ4n) is 1.87. The lowest BCUT2D eigenvalue weighted by Gasteiger charge is -2.19. The summed E-state index contributed by atoms with van der Waals surface area (Å²) in [5.41, 5.74) is 0.801. The molecular weight excluding hydrogens is 226 g/mol. The average molecular weight is 240 g/mol. The third-order valence-electron chi connectivity index (χ3n) is 2.78. The van der Waals surface area contributed by atoms with Crippen molar-refractivity contribution in [1.82, 2.24) is 4.90 Å². The van der Waals surface area contributed by atoms with Crippen LogP contribution >= 0.6 is 11.6 Å². The molecule has 3 nitrogen and oxygen atoms in total. The number of β-amino-alcohol motifs (C(OH)–C–C–N with tert-alkyl or cyclic N) is 1. The predicted molar refractivity (Wildman–Crippen MR) is 62.2 cm³/mol.